The first-order chi connectivity index (χ1) is 8.25. The van der Waals surface area contributed by atoms with Crippen molar-refractivity contribution in [3.8, 4) is 11.1 Å². The van der Waals surface area contributed by atoms with Crippen LogP contribution in [0.5, 0.6) is 0 Å². The third kappa shape index (κ3) is 1.68. The van der Waals surface area contributed by atoms with E-state index in [0.717, 1.165) is 23.1 Å². The maximum absolute atomic E-state index is 11.9. The normalized spacial score (nSPS) is 13.8. The molecule has 3 rings (SSSR count). The summed E-state index contributed by atoms with van der Waals surface area (Å²) < 4.78 is 0. The second-order valence-corrected chi connectivity index (χ2v) is 4.63. The van der Waals surface area contributed by atoms with Gasteiger partial charge in [0.15, 0.2) is 5.78 Å². The van der Waals surface area contributed by atoms with Gasteiger partial charge in [0.25, 0.3) is 0 Å². The molecule has 0 aliphatic heterocycles. The van der Waals surface area contributed by atoms with Crippen LogP contribution >= 0.6 is 0 Å². The molecule has 17 heavy (non-hydrogen) atoms. The van der Waals surface area contributed by atoms with Gasteiger partial charge in [-0.1, -0.05) is 48.0 Å². The van der Waals surface area contributed by atoms with Crippen LogP contribution in [-0.4, -0.2) is 5.78 Å². The minimum absolute atomic E-state index is 0.289. The van der Waals surface area contributed by atoms with Crippen LogP contribution in [-0.2, 0) is 6.42 Å². The van der Waals surface area contributed by atoms with E-state index in [1.165, 1.54) is 11.1 Å². The standard InChI is InChI=1S/C16H14O/c1-11-4-2-6-13(10-11)14-7-3-5-12-8-9-15(17)16(12)14/h2-7,10H,8-9H2,1H3. The van der Waals surface area contributed by atoms with E-state index in [9.17, 15) is 4.79 Å². The Morgan fingerprint density at radius 3 is 2.65 bits per heavy atom. The number of ketones is 1. The molecule has 0 fully saturated rings. The zero-order valence-corrected chi connectivity index (χ0v) is 9.86. The summed E-state index contributed by atoms with van der Waals surface area (Å²) in [4.78, 5) is 11.9. The second kappa shape index (κ2) is 3.85. The number of rotatable bonds is 1. The highest BCUT2D eigenvalue weighted by atomic mass is 16.1. The molecule has 0 aromatic heterocycles. The third-order valence-electron chi connectivity index (χ3n) is 3.38. The van der Waals surface area contributed by atoms with Crippen molar-refractivity contribution in [2.45, 2.75) is 19.8 Å². The first kappa shape index (κ1) is 10.3. The topological polar surface area (TPSA) is 17.1 Å². The van der Waals surface area contributed by atoms with Crippen molar-refractivity contribution >= 4 is 5.78 Å². The molecule has 0 heterocycles. The highest BCUT2D eigenvalue weighted by Gasteiger charge is 2.22. The summed E-state index contributed by atoms with van der Waals surface area (Å²) in [6.45, 7) is 2.08. The molecule has 1 aliphatic carbocycles. The maximum atomic E-state index is 11.9. The summed E-state index contributed by atoms with van der Waals surface area (Å²) >= 11 is 0. The molecule has 1 heteroatoms. The molecule has 0 N–H and O–H groups in total. The van der Waals surface area contributed by atoms with Crippen molar-refractivity contribution in [1.82, 2.24) is 0 Å². The van der Waals surface area contributed by atoms with E-state index in [-0.39, 0.29) is 5.78 Å². The Morgan fingerprint density at radius 1 is 1.00 bits per heavy atom. The minimum Gasteiger partial charge on any atom is -0.294 e. The van der Waals surface area contributed by atoms with Crippen molar-refractivity contribution in [3.63, 3.8) is 0 Å². The van der Waals surface area contributed by atoms with E-state index in [0.29, 0.717) is 6.42 Å². The molecule has 1 nitrogen and oxygen atoms in total. The van der Waals surface area contributed by atoms with Crippen molar-refractivity contribution in [2.75, 3.05) is 0 Å². The van der Waals surface area contributed by atoms with E-state index < -0.39 is 0 Å². The van der Waals surface area contributed by atoms with Crippen molar-refractivity contribution < 1.29 is 4.79 Å². The maximum Gasteiger partial charge on any atom is 0.164 e. The monoisotopic (exact) mass is 222 g/mol. The SMILES string of the molecule is Cc1cccc(-c2cccc3c2C(=O)CC3)c1. The summed E-state index contributed by atoms with van der Waals surface area (Å²) in [5, 5.41) is 0. The molecule has 0 atom stereocenters. The Labute approximate surface area is 101 Å². The van der Waals surface area contributed by atoms with Gasteiger partial charge in [0.05, 0.1) is 0 Å². The highest BCUT2D eigenvalue weighted by Crippen LogP contribution is 2.32. The van der Waals surface area contributed by atoms with Crippen LogP contribution in [0, 0.1) is 6.92 Å². The summed E-state index contributed by atoms with van der Waals surface area (Å²) in [6, 6.07) is 14.5. The van der Waals surface area contributed by atoms with E-state index >= 15 is 0 Å². The number of carbonyl (C=O) groups is 1. The molecule has 0 bridgehead atoms. The first-order valence-electron chi connectivity index (χ1n) is 5.98. The fourth-order valence-electron chi connectivity index (χ4n) is 2.56. The van der Waals surface area contributed by atoms with Crippen LogP contribution in [0.15, 0.2) is 42.5 Å². The van der Waals surface area contributed by atoms with Gasteiger partial charge in [0.2, 0.25) is 0 Å². The molecule has 84 valence electrons. The Bertz CT molecular complexity index is 596. The van der Waals surface area contributed by atoms with Gasteiger partial charge in [-0.25, -0.2) is 0 Å². The average molecular weight is 222 g/mol. The van der Waals surface area contributed by atoms with E-state index in [2.05, 4.69) is 43.3 Å². The summed E-state index contributed by atoms with van der Waals surface area (Å²) in [5.74, 6) is 0.289. The third-order valence-corrected chi connectivity index (χ3v) is 3.38. The number of hydrogen-bond donors (Lipinski definition) is 0. The number of carbonyl (C=O) groups excluding carboxylic acids is 1. The van der Waals surface area contributed by atoms with Gasteiger partial charge >= 0.3 is 0 Å². The quantitative estimate of drug-likeness (QED) is 0.717. The minimum atomic E-state index is 0.289. The molecule has 0 saturated heterocycles. The van der Waals surface area contributed by atoms with Crippen LogP contribution in [0.1, 0.15) is 27.9 Å². The second-order valence-electron chi connectivity index (χ2n) is 4.63. The van der Waals surface area contributed by atoms with Crippen LogP contribution in [0.2, 0.25) is 0 Å². The molecule has 0 radical (unpaired) electrons. The molecule has 1 aliphatic rings. The lowest BCUT2D eigenvalue weighted by Crippen LogP contribution is -1.95. The zero-order valence-electron chi connectivity index (χ0n) is 9.86. The van der Waals surface area contributed by atoms with E-state index in [4.69, 9.17) is 0 Å². The van der Waals surface area contributed by atoms with Gasteiger partial charge in [0.1, 0.15) is 0 Å². The fourth-order valence-corrected chi connectivity index (χ4v) is 2.56. The van der Waals surface area contributed by atoms with E-state index in [1.807, 2.05) is 6.07 Å². The zero-order chi connectivity index (χ0) is 11.8. The predicted molar refractivity (Wildman–Crippen MR) is 69.3 cm³/mol. The first-order valence-corrected chi connectivity index (χ1v) is 5.98. The van der Waals surface area contributed by atoms with Gasteiger partial charge in [-0.15, -0.1) is 0 Å². The van der Waals surface area contributed by atoms with Gasteiger partial charge in [-0.05, 0) is 30.0 Å². The molecule has 0 spiro atoms. The van der Waals surface area contributed by atoms with Gasteiger partial charge in [-0.2, -0.15) is 0 Å². The van der Waals surface area contributed by atoms with Crippen molar-refractivity contribution in [3.05, 3.63) is 59.2 Å². The number of aryl methyl sites for hydroxylation is 2. The predicted octanol–water partition coefficient (Wildman–Crippen LogP) is 3.79. The molecule has 2 aromatic rings. The van der Waals surface area contributed by atoms with Crippen LogP contribution in [0.4, 0.5) is 0 Å². The van der Waals surface area contributed by atoms with Crippen LogP contribution in [0.3, 0.4) is 0 Å². The summed E-state index contributed by atoms with van der Waals surface area (Å²) in [7, 11) is 0. The van der Waals surface area contributed by atoms with Crippen LogP contribution < -0.4 is 0 Å². The fraction of sp³-hybridized carbons (Fsp3) is 0.188. The number of fused-ring (bicyclic) bond motifs is 1. The Balaban J connectivity index is 2.23. The van der Waals surface area contributed by atoms with Gasteiger partial charge in [0, 0.05) is 12.0 Å². The van der Waals surface area contributed by atoms with Gasteiger partial charge < -0.3 is 0 Å². The summed E-state index contributed by atoms with van der Waals surface area (Å²) in [5.41, 5.74) is 5.61. The molecule has 0 saturated carbocycles. The molecule has 0 amide bonds. The largest absolute Gasteiger partial charge is 0.294 e. The molecule has 2 aromatic carbocycles. The van der Waals surface area contributed by atoms with Crippen molar-refractivity contribution in [2.24, 2.45) is 0 Å². The lowest BCUT2D eigenvalue weighted by Gasteiger charge is -2.08. The van der Waals surface area contributed by atoms with E-state index in [1.54, 1.807) is 0 Å². The number of hydrogen-bond acceptors (Lipinski definition) is 1. The smallest absolute Gasteiger partial charge is 0.164 e. The molecular weight excluding hydrogens is 208 g/mol. The number of benzene rings is 2. The molecule has 0 unspecified atom stereocenters. The lowest BCUT2D eigenvalue weighted by atomic mass is 9.95. The average Bonchev–Trinajstić information content (AvgIpc) is 2.71. The van der Waals surface area contributed by atoms with Crippen LogP contribution in [0.25, 0.3) is 11.1 Å². The number of Topliss-reactive ketones (excluding diaryl/α,β-unsaturated/α-hetero) is 1. The Kier molecular flexibility index (Phi) is 2.32. The Hall–Kier alpha value is -1.89. The Morgan fingerprint density at radius 2 is 1.82 bits per heavy atom. The highest BCUT2D eigenvalue weighted by molar-refractivity contribution is 6.06. The van der Waals surface area contributed by atoms with Gasteiger partial charge in [-0.3, -0.25) is 4.79 Å². The van der Waals surface area contributed by atoms with Crippen molar-refractivity contribution in [1.29, 1.82) is 0 Å². The molecular formula is C16H14O. The lowest BCUT2D eigenvalue weighted by molar-refractivity contribution is 0.0995. The summed E-state index contributed by atoms with van der Waals surface area (Å²) in [6.07, 6.45) is 1.56.